The first-order valence-electron chi connectivity index (χ1n) is 12.1. The van der Waals surface area contributed by atoms with Gasteiger partial charge in [-0.25, -0.2) is 4.79 Å². The molecule has 2 aromatic carbocycles. The molecule has 1 aromatic heterocycles. The minimum atomic E-state index is -0.738. The summed E-state index contributed by atoms with van der Waals surface area (Å²) in [5, 5.41) is 4.62. The average molecular weight is 492 g/mol. The predicted molar refractivity (Wildman–Crippen MR) is 130 cm³/mol. The second-order valence-corrected chi connectivity index (χ2v) is 8.69. The number of methoxy groups -OCH3 is 1. The molecule has 0 bridgehead atoms. The van der Waals surface area contributed by atoms with Gasteiger partial charge in [0.2, 0.25) is 6.10 Å². The lowest BCUT2D eigenvalue weighted by Gasteiger charge is -2.33. The van der Waals surface area contributed by atoms with E-state index in [9.17, 15) is 9.59 Å². The Balaban J connectivity index is 1.34. The lowest BCUT2D eigenvalue weighted by atomic mass is 10.0. The van der Waals surface area contributed by atoms with E-state index in [1.165, 1.54) is 0 Å². The summed E-state index contributed by atoms with van der Waals surface area (Å²) in [4.78, 5) is 27.8. The Morgan fingerprint density at radius 3 is 2.64 bits per heavy atom. The number of ether oxygens (including phenoxy) is 4. The van der Waals surface area contributed by atoms with Crippen molar-refractivity contribution in [3.05, 3.63) is 71.0 Å². The van der Waals surface area contributed by atoms with Crippen molar-refractivity contribution in [2.45, 2.75) is 39.0 Å². The van der Waals surface area contributed by atoms with Gasteiger partial charge in [-0.1, -0.05) is 24.3 Å². The van der Waals surface area contributed by atoms with E-state index in [4.69, 9.17) is 18.9 Å². The van der Waals surface area contributed by atoms with Crippen LogP contribution in [-0.2, 0) is 35.5 Å². The fraction of sp³-hybridized carbons (Fsp3) is 0.370. The summed E-state index contributed by atoms with van der Waals surface area (Å²) in [5.41, 5.74) is 3.10. The maximum atomic E-state index is 13.3. The highest BCUT2D eigenvalue weighted by Crippen LogP contribution is 2.32. The maximum absolute atomic E-state index is 13.3. The van der Waals surface area contributed by atoms with Gasteiger partial charge in [0.05, 0.1) is 20.3 Å². The summed E-state index contributed by atoms with van der Waals surface area (Å²) < 4.78 is 24.0. The molecule has 0 spiro atoms. The molecule has 0 unspecified atom stereocenters. The second-order valence-electron chi connectivity index (χ2n) is 8.69. The van der Waals surface area contributed by atoms with Crippen molar-refractivity contribution in [1.82, 2.24) is 14.7 Å². The molecule has 2 aliphatic heterocycles. The first kappa shape index (κ1) is 23.7. The van der Waals surface area contributed by atoms with Gasteiger partial charge in [-0.05, 0) is 43.2 Å². The zero-order valence-electron chi connectivity index (χ0n) is 20.4. The quantitative estimate of drug-likeness (QED) is 0.469. The smallest absolute Gasteiger partial charge is 0.359 e. The number of aromatic nitrogens is 2. The summed E-state index contributed by atoms with van der Waals surface area (Å²) >= 11 is 0. The highest BCUT2D eigenvalue weighted by atomic mass is 16.6. The fourth-order valence-electron chi connectivity index (χ4n) is 4.60. The van der Waals surface area contributed by atoms with Crippen molar-refractivity contribution in [3.8, 4) is 17.2 Å². The van der Waals surface area contributed by atoms with Gasteiger partial charge in [-0.3, -0.25) is 9.48 Å². The number of benzene rings is 2. The fourth-order valence-corrected chi connectivity index (χ4v) is 4.60. The maximum Gasteiger partial charge on any atom is 0.359 e. The Hall–Kier alpha value is -4.01. The molecule has 0 N–H and O–H groups in total. The SMILES string of the molecule is CCOC(=O)c1nn(CCc2ccc(OC)cc2)c2c1CN(C(=O)[C@@H]1COc3ccccc3O1)CC2. The zero-order valence-corrected chi connectivity index (χ0v) is 20.4. The predicted octanol–water partition coefficient (Wildman–Crippen LogP) is 3.04. The Bertz CT molecular complexity index is 1250. The molecular weight excluding hydrogens is 462 g/mol. The second kappa shape index (κ2) is 10.3. The molecule has 3 aromatic rings. The van der Waals surface area contributed by atoms with Gasteiger partial charge >= 0.3 is 5.97 Å². The summed E-state index contributed by atoms with van der Waals surface area (Å²) in [5.74, 6) is 1.34. The summed E-state index contributed by atoms with van der Waals surface area (Å²) in [6.45, 7) is 3.54. The Kier molecular flexibility index (Phi) is 6.79. The third-order valence-corrected chi connectivity index (χ3v) is 6.47. The average Bonchev–Trinajstić information content (AvgIpc) is 3.29. The number of carbonyl (C=O) groups excluding carboxylic acids is 2. The lowest BCUT2D eigenvalue weighted by molar-refractivity contribution is -0.142. The van der Waals surface area contributed by atoms with Gasteiger partial charge < -0.3 is 23.8 Å². The normalized spacial score (nSPS) is 16.3. The molecule has 5 rings (SSSR count). The van der Waals surface area contributed by atoms with Crippen molar-refractivity contribution in [1.29, 1.82) is 0 Å². The van der Waals surface area contributed by atoms with Crippen molar-refractivity contribution in [3.63, 3.8) is 0 Å². The highest BCUT2D eigenvalue weighted by molar-refractivity contribution is 5.90. The number of nitrogens with zero attached hydrogens (tertiary/aromatic N) is 3. The Morgan fingerprint density at radius 1 is 1.11 bits per heavy atom. The van der Waals surface area contributed by atoms with Gasteiger partial charge in [-0.2, -0.15) is 5.10 Å². The van der Waals surface area contributed by atoms with E-state index in [1.54, 1.807) is 25.0 Å². The number of aryl methyl sites for hydroxylation is 2. The minimum Gasteiger partial charge on any atom is -0.497 e. The number of carbonyl (C=O) groups is 2. The molecule has 0 aliphatic carbocycles. The van der Waals surface area contributed by atoms with Crippen molar-refractivity contribution >= 4 is 11.9 Å². The number of rotatable bonds is 7. The number of fused-ring (bicyclic) bond motifs is 2. The van der Waals surface area contributed by atoms with E-state index in [-0.39, 0.29) is 31.4 Å². The monoisotopic (exact) mass is 491 g/mol. The van der Waals surface area contributed by atoms with Crippen LogP contribution in [0.1, 0.15) is 34.2 Å². The molecular formula is C27H29N3O6. The molecule has 0 fully saturated rings. The van der Waals surface area contributed by atoms with E-state index in [0.717, 1.165) is 29.0 Å². The first-order chi connectivity index (χ1) is 17.6. The third-order valence-electron chi connectivity index (χ3n) is 6.47. The molecule has 0 saturated heterocycles. The molecule has 9 heteroatoms. The van der Waals surface area contributed by atoms with Crippen molar-refractivity contribution < 1.29 is 28.5 Å². The zero-order chi connectivity index (χ0) is 25.1. The third kappa shape index (κ3) is 4.73. The Labute approximate surface area is 209 Å². The van der Waals surface area contributed by atoms with E-state index >= 15 is 0 Å². The molecule has 0 saturated carbocycles. The van der Waals surface area contributed by atoms with E-state index in [2.05, 4.69) is 5.10 Å². The minimum absolute atomic E-state index is 0.144. The molecule has 9 nitrogen and oxygen atoms in total. The van der Waals surface area contributed by atoms with Gasteiger partial charge in [0, 0.05) is 30.8 Å². The van der Waals surface area contributed by atoms with Crippen LogP contribution in [0.4, 0.5) is 0 Å². The number of esters is 1. The number of hydrogen-bond acceptors (Lipinski definition) is 7. The van der Waals surface area contributed by atoms with Crippen LogP contribution in [0, 0.1) is 0 Å². The summed E-state index contributed by atoms with van der Waals surface area (Å²) in [6, 6.07) is 15.2. The molecule has 188 valence electrons. The van der Waals surface area contributed by atoms with Crippen LogP contribution < -0.4 is 14.2 Å². The number of amides is 1. The van der Waals surface area contributed by atoms with E-state index in [1.807, 2.05) is 47.1 Å². The van der Waals surface area contributed by atoms with Crippen molar-refractivity contribution in [2.75, 3.05) is 26.9 Å². The van der Waals surface area contributed by atoms with Crippen LogP contribution in [0.2, 0.25) is 0 Å². The first-order valence-corrected chi connectivity index (χ1v) is 12.1. The van der Waals surface area contributed by atoms with Gasteiger partial charge in [-0.15, -0.1) is 0 Å². The molecule has 36 heavy (non-hydrogen) atoms. The molecule has 2 aliphatic rings. The van der Waals surface area contributed by atoms with E-state index < -0.39 is 12.1 Å². The Morgan fingerprint density at radius 2 is 1.89 bits per heavy atom. The standard InChI is InChI=1S/C27H29N3O6/c1-3-34-27(32)25-20-16-29(26(31)24-17-35-22-6-4-5-7-23(22)36-24)14-13-21(20)30(28-25)15-12-18-8-10-19(33-2)11-9-18/h4-11,24H,3,12-17H2,1-2H3/t24-/m0/s1. The topological polar surface area (TPSA) is 92.1 Å². The van der Waals surface area contributed by atoms with Crippen LogP contribution in [0.3, 0.4) is 0 Å². The van der Waals surface area contributed by atoms with Crippen LogP contribution in [0.5, 0.6) is 17.2 Å². The number of para-hydroxylation sites is 2. The molecule has 3 heterocycles. The van der Waals surface area contributed by atoms with Crippen LogP contribution in [-0.4, -0.2) is 59.5 Å². The van der Waals surface area contributed by atoms with Crippen LogP contribution in [0.25, 0.3) is 0 Å². The van der Waals surface area contributed by atoms with E-state index in [0.29, 0.717) is 31.0 Å². The van der Waals surface area contributed by atoms with Crippen LogP contribution >= 0.6 is 0 Å². The lowest BCUT2D eigenvalue weighted by Crippen LogP contribution is -2.48. The van der Waals surface area contributed by atoms with Crippen LogP contribution in [0.15, 0.2) is 48.5 Å². The largest absolute Gasteiger partial charge is 0.497 e. The summed E-state index contributed by atoms with van der Waals surface area (Å²) in [6.07, 6.45) is 0.591. The van der Waals surface area contributed by atoms with Gasteiger partial charge in [0.1, 0.15) is 12.4 Å². The highest BCUT2D eigenvalue weighted by Gasteiger charge is 2.36. The van der Waals surface area contributed by atoms with Crippen molar-refractivity contribution in [2.24, 2.45) is 0 Å². The molecule has 1 amide bonds. The molecule has 0 radical (unpaired) electrons. The number of hydrogen-bond donors (Lipinski definition) is 0. The van der Waals surface area contributed by atoms with Gasteiger partial charge in [0.15, 0.2) is 17.2 Å². The summed E-state index contributed by atoms with van der Waals surface area (Å²) in [7, 11) is 1.64. The van der Waals surface area contributed by atoms with Gasteiger partial charge in [0.25, 0.3) is 5.91 Å². The molecule has 1 atom stereocenters.